The topological polar surface area (TPSA) is 206 Å². The first-order chi connectivity index (χ1) is 27.1. The highest BCUT2D eigenvalue weighted by molar-refractivity contribution is 5.99. The summed E-state index contributed by atoms with van der Waals surface area (Å²) in [5, 5.41) is 21.0. The third kappa shape index (κ3) is 8.23. The van der Waals surface area contributed by atoms with E-state index in [0.717, 1.165) is 62.0 Å². The van der Waals surface area contributed by atoms with Gasteiger partial charge in [-0.3, -0.25) is 15.0 Å². The van der Waals surface area contributed by atoms with Gasteiger partial charge in [-0.05, 0) is 57.0 Å². The van der Waals surface area contributed by atoms with Gasteiger partial charge in [-0.25, -0.2) is 24.4 Å². The quantitative estimate of drug-likeness (QED) is 0.0678. The van der Waals surface area contributed by atoms with E-state index in [4.69, 9.17) is 29.6 Å². The number of carbonyl (C=O) groups is 2. The van der Waals surface area contributed by atoms with Crippen LogP contribution in [-0.2, 0) is 30.8 Å². The monoisotopic (exact) mass is 765 g/mol. The maximum absolute atomic E-state index is 12.5. The minimum absolute atomic E-state index is 0.150. The lowest BCUT2D eigenvalue weighted by atomic mass is 10.1. The molecule has 1 fully saturated rings. The third-order valence-electron chi connectivity index (χ3n) is 9.62. The second kappa shape index (κ2) is 16.7. The Morgan fingerprint density at radius 1 is 0.946 bits per heavy atom. The first kappa shape index (κ1) is 38.1. The van der Waals surface area contributed by atoms with Crippen molar-refractivity contribution in [3.63, 3.8) is 0 Å². The van der Waals surface area contributed by atoms with Crippen LogP contribution in [0.4, 0.5) is 23.6 Å². The summed E-state index contributed by atoms with van der Waals surface area (Å²) < 4.78 is 23.6. The zero-order chi connectivity index (χ0) is 39.3. The Morgan fingerprint density at radius 2 is 1.68 bits per heavy atom. The SMILES string of the molecule is CCc1nc(C)oc1Nc1nc2cc(C(N)=O)cc(OCCCN3CCOCC3)c2n1C/C=C/Cn1c(Nc2cc(C)nn2CC)nc2cc(C(=O)O)ccc21. The molecule has 0 unspecified atom stereocenters. The number of primary amides is 1. The fourth-order valence-corrected chi connectivity index (χ4v) is 6.86. The average Bonchev–Trinajstić information content (AvgIpc) is 3.93. The van der Waals surface area contributed by atoms with Crippen LogP contribution in [0.15, 0.2) is 53.0 Å². The molecule has 0 bridgehead atoms. The number of hydrogen-bond acceptors (Lipinski definition) is 12. The molecule has 5 heterocycles. The first-order valence-electron chi connectivity index (χ1n) is 18.8. The van der Waals surface area contributed by atoms with Gasteiger partial charge in [0.1, 0.15) is 22.8 Å². The number of carboxylic acid groups (broad SMARTS) is 1. The number of amides is 1. The van der Waals surface area contributed by atoms with Crippen molar-refractivity contribution < 1.29 is 28.6 Å². The number of oxazole rings is 1. The number of carbonyl (C=O) groups excluding carboxylic acids is 1. The van der Waals surface area contributed by atoms with Crippen molar-refractivity contribution in [2.75, 3.05) is 50.1 Å². The Balaban J connectivity index is 1.22. The van der Waals surface area contributed by atoms with E-state index in [0.29, 0.717) is 78.6 Å². The Bertz CT molecular complexity index is 2400. The van der Waals surface area contributed by atoms with Crippen LogP contribution < -0.4 is 21.1 Å². The molecule has 17 nitrogen and oxygen atoms in total. The Morgan fingerprint density at radius 3 is 2.41 bits per heavy atom. The van der Waals surface area contributed by atoms with Crippen LogP contribution in [0.3, 0.4) is 0 Å². The van der Waals surface area contributed by atoms with E-state index < -0.39 is 11.9 Å². The van der Waals surface area contributed by atoms with Crippen LogP contribution in [0.2, 0.25) is 0 Å². The summed E-state index contributed by atoms with van der Waals surface area (Å²) >= 11 is 0. The van der Waals surface area contributed by atoms with Crippen molar-refractivity contribution in [1.82, 2.24) is 38.8 Å². The second-order valence-corrected chi connectivity index (χ2v) is 13.5. The van der Waals surface area contributed by atoms with Crippen LogP contribution in [0.5, 0.6) is 5.75 Å². The van der Waals surface area contributed by atoms with E-state index in [9.17, 15) is 14.7 Å². The number of anilines is 4. The average molecular weight is 766 g/mol. The van der Waals surface area contributed by atoms with Crippen LogP contribution in [0.1, 0.15) is 58.3 Å². The normalized spacial score (nSPS) is 13.6. The van der Waals surface area contributed by atoms with Crippen molar-refractivity contribution in [2.45, 2.75) is 60.2 Å². The molecule has 4 aromatic heterocycles. The summed E-state index contributed by atoms with van der Waals surface area (Å²) in [7, 11) is 0. The molecular weight excluding hydrogens is 718 g/mol. The number of fused-ring (bicyclic) bond motifs is 2. The van der Waals surface area contributed by atoms with Gasteiger partial charge in [-0.15, -0.1) is 0 Å². The number of ether oxygens (including phenoxy) is 2. The predicted octanol–water partition coefficient (Wildman–Crippen LogP) is 5.41. The number of aryl methyl sites for hydroxylation is 4. The minimum atomic E-state index is -1.03. The largest absolute Gasteiger partial charge is 0.491 e. The highest BCUT2D eigenvalue weighted by atomic mass is 16.5. The maximum atomic E-state index is 12.5. The zero-order valence-electron chi connectivity index (χ0n) is 32.0. The van der Waals surface area contributed by atoms with Crippen LogP contribution in [0.25, 0.3) is 22.1 Å². The summed E-state index contributed by atoms with van der Waals surface area (Å²) in [5.41, 5.74) is 10.3. The lowest BCUT2D eigenvalue weighted by Gasteiger charge is -2.26. The van der Waals surface area contributed by atoms with Gasteiger partial charge in [0, 0.05) is 57.8 Å². The summed E-state index contributed by atoms with van der Waals surface area (Å²) in [6.45, 7) is 13.6. The van der Waals surface area contributed by atoms with Crippen molar-refractivity contribution in [3.8, 4) is 5.75 Å². The van der Waals surface area contributed by atoms with Gasteiger partial charge in [0.05, 0.1) is 47.6 Å². The van der Waals surface area contributed by atoms with Crippen molar-refractivity contribution in [2.24, 2.45) is 5.73 Å². The Labute approximate surface area is 323 Å². The van der Waals surface area contributed by atoms with Gasteiger partial charge < -0.3 is 39.2 Å². The Kier molecular flexibility index (Phi) is 11.3. The van der Waals surface area contributed by atoms with E-state index in [1.807, 2.05) is 52.8 Å². The highest BCUT2D eigenvalue weighted by Crippen LogP contribution is 2.33. The van der Waals surface area contributed by atoms with E-state index >= 15 is 0 Å². The predicted molar refractivity (Wildman–Crippen MR) is 211 cm³/mol. The van der Waals surface area contributed by atoms with Crippen LogP contribution in [0, 0.1) is 13.8 Å². The van der Waals surface area contributed by atoms with E-state index in [1.54, 1.807) is 37.3 Å². The number of benzene rings is 2. The van der Waals surface area contributed by atoms with E-state index in [1.165, 1.54) is 0 Å². The summed E-state index contributed by atoms with van der Waals surface area (Å²) in [6, 6.07) is 10.2. The number of allylic oxidation sites excluding steroid dienone is 2. The molecule has 5 N–H and O–H groups in total. The summed E-state index contributed by atoms with van der Waals surface area (Å²) in [4.78, 5) is 40.8. The number of carboxylic acids is 1. The van der Waals surface area contributed by atoms with Crippen molar-refractivity contribution >= 4 is 57.5 Å². The molecule has 0 atom stereocenters. The molecule has 17 heteroatoms. The van der Waals surface area contributed by atoms with Gasteiger partial charge in [-0.2, -0.15) is 5.10 Å². The summed E-state index contributed by atoms with van der Waals surface area (Å²) in [6.07, 6.45) is 5.43. The molecule has 294 valence electrons. The van der Waals surface area contributed by atoms with Gasteiger partial charge in [-0.1, -0.05) is 19.1 Å². The second-order valence-electron chi connectivity index (χ2n) is 13.5. The number of aromatic carboxylic acids is 1. The van der Waals surface area contributed by atoms with Gasteiger partial charge in [0.2, 0.25) is 23.7 Å². The molecule has 1 aliphatic heterocycles. The molecule has 0 spiro atoms. The van der Waals surface area contributed by atoms with Gasteiger partial charge in [0.25, 0.3) is 0 Å². The van der Waals surface area contributed by atoms with E-state index in [-0.39, 0.29) is 11.1 Å². The lowest BCUT2D eigenvalue weighted by Crippen LogP contribution is -2.37. The number of hydrogen-bond donors (Lipinski definition) is 4. The molecule has 6 aromatic rings. The molecule has 0 radical (unpaired) electrons. The number of rotatable bonds is 17. The van der Waals surface area contributed by atoms with Crippen LogP contribution in [-0.4, -0.2) is 95.2 Å². The Hall–Kier alpha value is -6.20. The highest BCUT2D eigenvalue weighted by Gasteiger charge is 2.21. The third-order valence-corrected chi connectivity index (χ3v) is 9.62. The number of nitrogens with one attached hydrogen (secondary N) is 2. The minimum Gasteiger partial charge on any atom is -0.491 e. The fraction of sp³-hybridized carbons (Fsp3) is 0.385. The molecular formula is C39H47N11O6. The lowest BCUT2D eigenvalue weighted by molar-refractivity contribution is 0.0358. The van der Waals surface area contributed by atoms with Crippen molar-refractivity contribution in [1.29, 1.82) is 0 Å². The first-order valence-corrected chi connectivity index (χ1v) is 18.8. The maximum Gasteiger partial charge on any atom is 0.335 e. The van der Waals surface area contributed by atoms with Gasteiger partial charge in [0.15, 0.2) is 5.89 Å². The molecule has 56 heavy (non-hydrogen) atoms. The van der Waals surface area contributed by atoms with Crippen molar-refractivity contribution in [3.05, 3.63) is 77.0 Å². The molecule has 7 rings (SSSR count). The van der Waals surface area contributed by atoms with Crippen LogP contribution >= 0.6 is 0 Å². The number of aromatic nitrogens is 7. The molecule has 0 aliphatic carbocycles. The number of imidazole rings is 2. The molecule has 1 amide bonds. The standard InChI is InChI=1S/C39H47N11O6/c1-5-28-36(56-25(4)41-28)45-39-43-30-22-27(35(40)51)23-32(55-17-9-12-47-15-18-54-19-16-47)34(30)49(39)14-8-7-13-48-31-11-10-26(37(52)53)21-29(31)42-38(48)44-33-20-24(3)46-50(33)6-2/h7-8,10-11,20-23H,5-6,9,12-19H2,1-4H3,(H2,40,51)(H,42,44)(H,43,45)(H,52,53)/b8-7+. The molecule has 2 aromatic carbocycles. The van der Waals surface area contributed by atoms with Gasteiger partial charge >= 0.3 is 5.97 Å². The number of morpholine rings is 1. The molecule has 1 aliphatic rings. The fourth-order valence-electron chi connectivity index (χ4n) is 6.86. The molecule has 1 saturated heterocycles. The molecule has 0 saturated carbocycles. The summed E-state index contributed by atoms with van der Waals surface area (Å²) in [5.74, 6) is 1.66. The number of nitrogens with zero attached hydrogens (tertiary/aromatic N) is 8. The smallest absolute Gasteiger partial charge is 0.335 e. The zero-order valence-corrected chi connectivity index (χ0v) is 32.0. The number of nitrogens with two attached hydrogens (primary N) is 1. The van der Waals surface area contributed by atoms with E-state index in [2.05, 4.69) is 25.6 Å².